The molecule has 0 aromatic heterocycles. The molecular weight excluding hydrogens is 516 g/mol. The van der Waals surface area contributed by atoms with Crippen molar-refractivity contribution in [1.29, 1.82) is 0 Å². The van der Waals surface area contributed by atoms with Gasteiger partial charge in [0.05, 0.1) is 31.1 Å². The summed E-state index contributed by atoms with van der Waals surface area (Å²) in [6.45, 7) is 0. The molecule has 0 unspecified atom stereocenters. The summed E-state index contributed by atoms with van der Waals surface area (Å²) >= 11 is 7.15. The fraction of sp³-hybridized carbons (Fsp3) is 0.0909. The molecule has 0 N–H and O–H groups in total. The smallest absolute Gasteiger partial charge is 0.258 e. The van der Waals surface area contributed by atoms with Gasteiger partial charge in [-0.3, -0.25) is 20.2 Å². The van der Waals surface area contributed by atoms with E-state index in [9.17, 15) is 20.2 Å². The number of benzene rings is 3. The Balaban J connectivity index is 2.10. The molecule has 8 heteroatoms. The topological polar surface area (TPSA) is 86.3 Å². The molecule has 3 aromatic rings. The van der Waals surface area contributed by atoms with Crippen LogP contribution in [0.25, 0.3) is 12.2 Å². The molecule has 0 spiro atoms. The maximum absolute atomic E-state index is 11.7. The van der Waals surface area contributed by atoms with Crippen molar-refractivity contribution in [2.75, 3.05) is 0 Å². The molecule has 0 heterocycles. The standard InChI is InChI=1S/C22H16Br2N2O4/c23-21(16-9-5-2-6-10-16)22(24)18-13-17(12-11-15-7-3-1-4-8-15)19(25(27)28)14-20(18)26(29)30/h1-14,21-22H/b12-11-/t21-,22-/m0/s1. The van der Waals surface area contributed by atoms with Gasteiger partial charge in [-0.1, -0.05) is 98.6 Å². The second kappa shape index (κ2) is 9.77. The summed E-state index contributed by atoms with van der Waals surface area (Å²) in [5.74, 6) is 0. The third kappa shape index (κ3) is 5.01. The van der Waals surface area contributed by atoms with E-state index in [4.69, 9.17) is 0 Å². The Kier molecular flexibility index (Phi) is 7.12. The van der Waals surface area contributed by atoms with Crippen LogP contribution in [0.3, 0.4) is 0 Å². The van der Waals surface area contributed by atoms with Crippen molar-refractivity contribution in [2.45, 2.75) is 9.65 Å². The van der Waals surface area contributed by atoms with Crippen molar-refractivity contribution < 1.29 is 9.85 Å². The van der Waals surface area contributed by atoms with E-state index < -0.39 is 14.7 Å². The highest BCUT2D eigenvalue weighted by Crippen LogP contribution is 2.46. The van der Waals surface area contributed by atoms with E-state index in [0.29, 0.717) is 11.1 Å². The van der Waals surface area contributed by atoms with Gasteiger partial charge < -0.3 is 0 Å². The maximum Gasteiger partial charge on any atom is 0.283 e. The van der Waals surface area contributed by atoms with Crippen LogP contribution in [0.15, 0.2) is 72.8 Å². The molecule has 0 radical (unpaired) electrons. The summed E-state index contributed by atoms with van der Waals surface area (Å²) in [5, 5.41) is 23.3. The average molecular weight is 532 g/mol. The first-order valence-corrected chi connectivity index (χ1v) is 10.7. The molecule has 0 fully saturated rings. The zero-order valence-electron chi connectivity index (χ0n) is 15.5. The Hall–Kier alpha value is -2.84. The number of alkyl halides is 2. The minimum absolute atomic E-state index is 0.273. The maximum atomic E-state index is 11.7. The normalized spacial score (nSPS) is 13.1. The lowest BCUT2D eigenvalue weighted by atomic mass is 9.98. The van der Waals surface area contributed by atoms with Gasteiger partial charge in [-0.2, -0.15) is 0 Å². The van der Waals surface area contributed by atoms with Crippen molar-refractivity contribution >= 4 is 55.4 Å². The third-order valence-corrected chi connectivity index (χ3v) is 7.29. The minimum Gasteiger partial charge on any atom is -0.258 e. The van der Waals surface area contributed by atoms with Crippen LogP contribution in [0, 0.1) is 20.2 Å². The van der Waals surface area contributed by atoms with E-state index in [1.165, 1.54) is 6.07 Å². The largest absolute Gasteiger partial charge is 0.283 e. The molecule has 30 heavy (non-hydrogen) atoms. The van der Waals surface area contributed by atoms with Gasteiger partial charge in [-0.05, 0) is 23.3 Å². The first kappa shape index (κ1) is 21.9. The highest BCUT2D eigenvalue weighted by molar-refractivity contribution is 9.12. The number of nitrogens with zero attached hydrogens (tertiary/aromatic N) is 2. The van der Waals surface area contributed by atoms with Crippen LogP contribution < -0.4 is 0 Å². The van der Waals surface area contributed by atoms with Crippen LogP contribution >= 0.6 is 31.9 Å². The number of hydrogen-bond acceptors (Lipinski definition) is 4. The lowest BCUT2D eigenvalue weighted by Crippen LogP contribution is -2.05. The van der Waals surface area contributed by atoms with E-state index in [2.05, 4.69) is 31.9 Å². The van der Waals surface area contributed by atoms with Crippen LogP contribution in [0.5, 0.6) is 0 Å². The highest BCUT2D eigenvalue weighted by atomic mass is 79.9. The van der Waals surface area contributed by atoms with Gasteiger partial charge in [0.25, 0.3) is 11.4 Å². The molecule has 152 valence electrons. The Morgan fingerprint density at radius 1 is 0.733 bits per heavy atom. The van der Waals surface area contributed by atoms with Gasteiger partial charge in [0.1, 0.15) is 0 Å². The van der Waals surface area contributed by atoms with Crippen LogP contribution in [-0.4, -0.2) is 9.85 Å². The van der Waals surface area contributed by atoms with Gasteiger partial charge in [0.15, 0.2) is 0 Å². The summed E-state index contributed by atoms with van der Waals surface area (Å²) in [4.78, 5) is 21.3. The number of hydrogen-bond donors (Lipinski definition) is 0. The Bertz CT molecular complexity index is 1090. The highest BCUT2D eigenvalue weighted by Gasteiger charge is 2.30. The zero-order chi connectivity index (χ0) is 21.7. The lowest BCUT2D eigenvalue weighted by molar-refractivity contribution is -0.394. The van der Waals surface area contributed by atoms with Crippen LogP contribution in [-0.2, 0) is 0 Å². The first-order valence-electron chi connectivity index (χ1n) is 8.91. The third-order valence-electron chi connectivity index (χ3n) is 4.50. The van der Waals surface area contributed by atoms with Gasteiger partial charge in [0.2, 0.25) is 0 Å². The summed E-state index contributed by atoms with van der Waals surface area (Å²) in [6, 6.07) is 21.3. The molecule has 3 rings (SSSR count). The second-order valence-electron chi connectivity index (χ2n) is 6.44. The summed E-state index contributed by atoms with van der Waals surface area (Å²) in [6.07, 6.45) is 3.34. The SMILES string of the molecule is O=[N+]([O-])c1cc([N+](=O)[O-])c([C@H](Br)[C@@H](Br)c2ccccc2)cc1/C=C\c1ccccc1. The fourth-order valence-corrected chi connectivity index (χ4v) is 4.26. The molecule has 0 bridgehead atoms. The molecule has 0 aliphatic heterocycles. The Morgan fingerprint density at radius 3 is 1.87 bits per heavy atom. The van der Waals surface area contributed by atoms with Gasteiger partial charge in [-0.25, -0.2) is 0 Å². The molecule has 2 atom stereocenters. The van der Waals surface area contributed by atoms with Crippen LogP contribution in [0.1, 0.15) is 31.9 Å². The summed E-state index contributed by atoms with van der Waals surface area (Å²) < 4.78 is 0. The molecule has 0 saturated carbocycles. The number of nitro groups is 2. The van der Waals surface area contributed by atoms with Gasteiger partial charge >= 0.3 is 0 Å². The zero-order valence-corrected chi connectivity index (χ0v) is 18.7. The number of nitro benzene ring substituents is 2. The van der Waals surface area contributed by atoms with E-state index in [1.54, 1.807) is 12.2 Å². The van der Waals surface area contributed by atoms with Crippen molar-refractivity contribution in [3.8, 4) is 0 Å². The molecular formula is C22H16Br2N2O4. The van der Waals surface area contributed by atoms with Crippen molar-refractivity contribution in [1.82, 2.24) is 0 Å². The quantitative estimate of drug-likeness (QED) is 0.139. The predicted octanol–water partition coefficient (Wildman–Crippen LogP) is 7.25. The van der Waals surface area contributed by atoms with Crippen LogP contribution in [0.4, 0.5) is 11.4 Å². The molecule has 0 aliphatic carbocycles. The van der Waals surface area contributed by atoms with E-state index in [1.807, 2.05) is 60.7 Å². The average Bonchev–Trinajstić information content (AvgIpc) is 2.77. The fourth-order valence-electron chi connectivity index (χ4n) is 3.00. The Labute approximate surface area is 189 Å². The van der Waals surface area contributed by atoms with E-state index >= 15 is 0 Å². The molecule has 0 amide bonds. The van der Waals surface area contributed by atoms with Gasteiger partial charge in [0, 0.05) is 5.56 Å². The number of rotatable bonds is 7. The predicted molar refractivity (Wildman–Crippen MR) is 125 cm³/mol. The molecule has 0 aliphatic rings. The van der Waals surface area contributed by atoms with Gasteiger partial charge in [-0.15, -0.1) is 0 Å². The molecule has 0 saturated heterocycles. The second-order valence-corrected chi connectivity index (χ2v) is 8.42. The van der Waals surface area contributed by atoms with E-state index in [0.717, 1.165) is 17.2 Å². The Morgan fingerprint density at radius 2 is 1.30 bits per heavy atom. The van der Waals surface area contributed by atoms with Crippen molar-refractivity contribution in [3.63, 3.8) is 0 Å². The summed E-state index contributed by atoms with van der Waals surface area (Å²) in [7, 11) is 0. The summed E-state index contributed by atoms with van der Waals surface area (Å²) in [5.41, 5.74) is 1.81. The van der Waals surface area contributed by atoms with E-state index in [-0.39, 0.29) is 16.2 Å². The molecule has 3 aromatic carbocycles. The molecule has 6 nitrogen and oxygen atoms in total. The van der Waals surface area contributed by atoms with Crippen molar-refractivity contribution in [2.24, 2.45) is 0 Å². The minimum atomic E-state index is -0.604. The first-order chi connectivity index (χ1) is 14.4. The van der Waals surface area contributed by atoms with Crippen molar-refractivity contribution in [3.05, 3.63) is 115 Å². The number of halogens is 2. The monoisotopic (exact) mass is 530 g/mol. The van der Waals surface area contributed by atoms with Crippen LogP contribution in [0.2, 0.25) is 0 Å². The lowest BCUT2D eigenvalue weighted by Gasteiger charge is -2.18.